The number of alkyl halides is 3. The lowest BCUT2D eigenvalue weighted by Crippen LogP contribution is -2.41. The smallest absolute Gasteiger partial charge is 0.382 e. The van der Waals surface area contributed by atoms with Gasteiger partial charge in [-0.1, -0.05) is 49.4 Å². The van der Waals surface area contributed by atoms with E-state index in [0.717, 1.165) is 61.3 Å². The van der Waals surface area contributed by atoms with E-state index < -0.39 is 18.6 Å². The molecule has 0 spiro atoms. The minimum absolute atomic E-state index is 0.0524. The van der Waals surface area contributed by atoms with E-state index in [0.29, 0.717) is 18.2 Å². The highest BCUT2D eigenvalue weighted by Gasteiger charge is 2.38. The van der Waals surface area contributed by atoms with Crippen molar-refractivity contribution in [1.82, 2.24) is 20.4 Å². The summed E-state index contributed by atoms with van der Waals surface area (Å²) in [6.45, 7) is 4.36. The number of rotatable bonds is 7. The first-order valence-corrected chi connectivity index (χ1v) is 14.1. The molecular formula is C31H40F3N5. The van der Waals surface area contributed by atoms with Crippen LogP contribution in [0.4, 0.5) is 13.2 Å². The fourth-order valence-corrected chi connectivity index (χ4v) is 6.28. The third kappa shape index (κ3) is 6.49. The van der Waals surface area contributed by atoms with Crippen LogP contribution < -0.4 is 11.1 Å². The topological polar surface area (TPSA) is 70.0 Å². The summed E-state index contributed by atoms with van der Waals surface area (Å²) in [4.78, 5) is 2.35. The van der Waals surface area contributed by atoms with E-state index in [9.17, 15) is 13.2 Å². The second kappa shape index (κ2) is 11.3. The number of nitrogens with zero attached hydrogens (tertiary/aromatic N) is 2. The number of aromatic amines is 1. The first-order chi connectivity index (χ1) is 18.6. The molecule has 1 saturated heterocycles. The Kier molecular flexibility index (Phi) is 8.06. The minimum Gasteiger partial charge on any atom is -0.382 e. The summed E-state index contributed by atoms with van der Waals surface area (Å²) in [6.07, 6.45) is 6.13. The molecular weight excluding hydrogens is 499 g/mol. The van der Waals surface area contributed by atoms with Crippen LogP contribution in [0.5, 0.6) is 0 Å². The number of allylic oxidation sites excluding steroid dienone is 5. The molecule has 4 N–H and O–H groups in total. The third-order valence-corrected chi connectivity index (χ3v) is 8.82. The van der Waals surface area contributed by atoms with E-state index in [4.69, 9.17) is 5.73 Å². The average Bonchev–Trinajstić information content (AvgIpc) is 3.34. The number of fused-ring (bicyclic) bond motifs is 1. The van der Waals surface area contributed by atoms with Gasteiger partial charge in [0.2, 0.25) is 0 Å². The Bertz CT molecular complexity index is 1220. The molecule has 1 fully saturated rings. The highest BCUT2D eigenvalue weighted by Crippen LogP contribution is 2.49. The van der Waals surface area contributed by atoms with Crippen LogP contribution in [0.15, 0.2) is 65.9 Å². The molecule has 0 radical (unpaired) electrons. The Balaban J connectivity index is 1.52. The number of hydrogen-bond donors (Lipinski definition) is 3. The quantitative estimate of drug-likeness (QED) is 0.376. The predicted octanol–water partition coefficient (Wildman–Crippen LogP) is 6.50. The Hall–Kier alpha value is -2.84. The molecule has 3 unspecified atom stereocenters. The summed E-state index contributed by atoms with van der Waals surface area (Å²) in [5.41, 5.74) is 11.9. The third-order valence-electron chi connectivity index (χ3n) is 8.82. The van der Waals surface area contributed by atoms with Crippen molar-refractivity contribution in [3.05, 3.63) is 82.8 Å². The van der Waals surface area contributed by atoms with Crippen molar-refractivity contribution in [2.45, 2.75) is 70.1 Å². The molecule has 2 heterocycles. The maximum atomic E-state index is 13.4. The number of nitrogens with two attached hydrogens (primary N) is 1. The van der Waals surface area contributed by atoms with Gasteiger partial charge in [-0.05, 0) is 98.8 Å². The van der Waals surface area contributed by atoms with E-state index in [1.807, 2.05) is 36.4 Å². The number of benzene rings is 1. The van der Waals surface area contributed by atoms with Crippen molar-refractivity contribution in [3.63, 3.8) is 0 Å². The number of aromatic nitrogens is 2. The number of hydrogen-bond acceptors (Lipinski definition) is 4. The van der Waals surface area contributed by atoms with E-state index in [-0.39, 0.29) is 17.8 Å². The summed E-state index contributed by atoms with van der Waals surface area (Å²) >= 11 is 0. The zero-order valence-corrected chi connectivity index (χ0v) is 22.9. The lowest BCUT2D eigenvalue weighted by molar-refractivity contribution is -0.136. The molecule has 5 nitrogen and oxygen atoms in total. The molecule has 0 saturated carbocycles. The van der Waals surface area contributed by atoms with Gasteiger partial charge >= 0.3 is 6.18 Å². The standard InChI is InChI=1S/C31H40F3N5/c1-30-14-6-9-26(36-23-12-17-39(2)18-13-23)25(30)19-24(21(10-15-30)11-16-31(32,33)34)27-20-28(38-37-27)29(35)22-7-4-3-5-8-22/h3-9,19-21,23,29,36H,10-18,35H2,1-2H3,(H,37,38). The molecule has 210 valence electrons. The van der Waals surface area contributed by atoms with Crippen LogP contribution in [0.3, 0.4) is 0 Å². The van der Waals surface area contributed by atoms with Gasteiger partial charge in [-0.15, -0.1) is 0 Å². The van der Waals surface area contributed by atoms with Gasteiger partial charge in [0, 0.05) is 18.2 Å². The van der Waals surface area contributed by atoms with E-state index >= 15 is 0 Å². The summed E-state index contributed by atoms with van der Waals surface area (Å²) in [6, 6.07) is 11.7. The van der Waals surface area contributed by atoms with Crippen LogP contribution >= 0.6 is 0 Å². The number of piperidine rings is 1. The summed E-state index contributed by atoms with van der Waals surface area (Å²) < 4.78 is 40.1. The molecule has 3 aliphatic rings. The van der Waals surface area contributed by atoms with Gasteiger partial charge in [0.15, 0.2) is 0 Å². The Morgan fingerprint density at radius 3 is 2.64 bits per heavy atom. The van der Waals surface area contributed by atoms with Gasteiger partial charge in [0.25, 0.3) is 0 Å². The molecule has 0 amide bonds. The van der Waals surface area contributed by atoms with Crippen molar-refractivity contribution in [2.24, 2.45) is 17.1 Å². The molecule has 2 aromatic rings. The van der Waals surface area contributed by atoms with Crippen LogP contribution in [0.25, 0.3) is 5.57 Å². The van der Waals surface area contributed by atoms with Gasteiger partial charge < -0.3 is 16.0 Å². The van der Waals surface area contributed by atoms with E-state index in [1.54, 1.807) is 0 Å². The Morgan fingerprint density at radius 1 is 1.18 bits per heavy atom. The zero-order chi connectivity index (χ0) is 27.6. The van der Waals surface area contributed by atoms with Gasteiger partial charge in [-0.3, -0.25) is 5.10 Å². The molecule has 1 aromatic heterocycles. The molecule has 5 rings (SSSR count). The second-order valence-electron chi connectivity index (χ2n) is 11.8. The van der Waals surface area contributed by atoms with E-state index in [2.05, 4.69) is 52.6 Å². The summed E-state index contributed by atoms with van der Waals surface area (Å²) in [5.74, 6) is -0.241. The number of halogens is 3. The first-order valence-electron chi connectivity index (χ1n) is 14.1. The van der Waals surface area contributed by atoms with Crippen molar-refractivity contribution < 1.29 is 13.2 Å². The monoisotopic (exact) mass is 539 g/mol. The van der Waals surface area contributed by atoms with Gasteiger partial charge in [0.05, 0.1) is 17.4 Å². The Morgan fingerprint density at radius 2 is 1.92 bits per heavy atom. The SMILES string of the molecule is CN1CCC(NC2=C3C=C(c4cc(C(N)c5ccccc5)[nH]n4)C(CCC(F)(F)F)CCC3(C)CC=C2)CC1. The van der Waals surface area contributed by atoms with Crippen molar-refractivity contribution in [2.75, 3.05) is 20.1 Å². The van der Waals surface area contributed by atoms with Crippen LogP contribution in [0, 0.1) is 11.3 Å². The van der Waals surface area contributed by atoms with Crippen LogP contribution in [-0.2, 0) is 0 Å². The lowest BCUT2D eigenvalue weighted by Gasteiger charge is -2.36. The van der Waals surface area contributed by atoms with Crippen molar-refractivity contribution in [3.8, 4) is 0 Å². The lowest BCUT2D eigenvalue weighted by atomic mass is 9.72. The fraction of sp³-hybridized carbons (Fsp3) is 0.516. The number of likely N-dealkylation sites (tertiary alicyclic amines) is 1. The zero-order valence-electron chi connectivity index (χ0n) is 22.9. The average molecular weight is 540 g/mol. The van der Waals surface area contributed by atoms with Crippen molar-refractivity contribution >= 4 is 5.57 Å². The largest absolute Gasteiger partial charge is 0.389 e. The summed E-state index contributed by atoms with van der Waals surface area (Å²) in [7, 11) is 2.15. The number of nitrogens with one attached hydrogen (secondary N) is 2. The van der Waals surface area contributed by atoms with Gasteiger partial charge in [0.1, 0.15) is 0 Å². The highest BCUT2D eigenvalue weighted by atomic mass is 19.4. The highest BCUT2D eigenvalue weighted by molar-refractivity contribution is 5.70. The molecule has 0 bridgehead atoms. The van der Waals surface area contributed by atoms with Gasteiger partial charge in [-0.25, -0.2) is 0 Å². The predicted molar refractivity (Wildman–Crippen MR) is 150 cm³/mol. The normalized spacial score (nSPS) is 25.7. The number of H-pyrrole nitrogens is 1. The maximum Gasteiger partial charge on any atom is 0.389 e. The minimum atomic E-state index is -4.19. The second-order valence-corrected chi connectivity index (χ2v) is 11.8. The molecule has 3 atom stereocenters. The molecule has 2 aliphatic carbocycles. The fourth-order valence-electron chi connectivity index (χ4n) is 6.28. The van der Waals surface area contributed by atoms with Crippen molar-refractivity contribution in [1.29, 1.82) is 0 Å². The molecule has 39 heavy (non-hydrogen) atoms. The van der Waals surface area contributed by atoms with Crippen LogP contribution in [0.1, 0.15) is 74.9 Å². The van der Waals surface area contributed by atoms with Gasteiger partial charge in [-0.2, -0.15) is 18.3 Å². The maximum absolute atomic E-state index is 13.4. The van der Waals surface area contributed by atoms with Crippen LogP contribution in [0.2, 0.25) is 0 Å². The summed E-state index contributed by atoms with van der Waals surface area (Å²) in [5, 5.41) is 11.5. The molecule has 1 aliphatic heterocycles. The molecule has 1 aromatic carbocycles. The Labute approximate surface area is 229 Å². The van der Waals surface area contributed by atoms with E-state index in [1.165, 1.54) is 5.57 Å². The van der Waals surface area contributed by atoms with Crippen LogP contribution in [-0.4, -0.2) is 47.5 Å². The first kappa shape index (κ1) is 27.7. The molecule has 8 heteroatoms.